The number of nitrogens with zero attached hydrogens (tertiary/aromatic N) is 3. The van der Waals surface area contributed by atoms with Gasteiger partial charge in [-0.3, -0.25) is 14.9 Å². The summed E-state index contributed by atoms with van der Waals surface area (Å²) in [5.41, 5.74) is 1.07. The summed E-state index contributed by atoms with van der Waals surface area (Å²) in [5.74, 6) is -0.163. The standard InChI is InChI=1S/C19H13N3O3S/c23-17(15-5-2-1-3-6-15)9-7-14-8-10-18(16(13-14)22(24)25)26-19-20-11-4-12-21-19/h1-13H/b9-7-. The Hall–Kier alpha value is -3.32. The molecule has 0 amide bonds. The third-order valence-electron chi connectivity index (χ3n) is 3.41. The second kappa shape index (κ2) is 8.17. The maximum absolute atomic E-state index is 12.1. The Bertz CT molecular complexity index is 960. The molecule has 26 heavy (non-hydrogen) atoms. The maximum atomic E-state index is 12.1. The number of carbonyl (C=O) groups is 1. The summed E-state index contributed by atoms with van der Waals surface area (Å²) in [4.78, 5) is 31.6. The van der Waals surface area contributed by atoms with Gasteiger partial charge in [0, 0.05) is 24.0 Å². The smallest absolute Gasteiger partial charge is 0.283 e. The first-order chi connectivity index (χ1) is 12.6. The molecule has 0 aliphatic rings. The van der Waals surface area contributed by atoms with Gasteiger partial charge in [-0.1, -0.05) is 42.5 Å². The molecule has 0 saturated carbocycles. The van der Waals surface area contributed by atoms with Crippen molar-refractivity contribution >= 4 is 29.3 Å². The molecule has 2 aromatic carbocycles. The fraction of sp³-hybridized carbons (Fsp3) is 0. The molecular formula is C19H13N3O3S. The SMILES string of the molecule is O=C(/C=C\c1ccc(Sc2ncccn2)c([N+](=O)[O-])c1)c1ccccc1. The van der Waals surface area contributed by atoms with Crippen molar-refractivity contribution in [3.63, 3.8) is 0 Å². The first-order valence-electron chi connectivity index (χ1n) is 7.64. The molecule has 7 heteroatoms. The number of hydrogen-bond acceptors (Lipinski definition) is 6. The van der Waals surface area contributed by atoms with E-state index < -0.39 is 4.92 Å². The average Bonchev–Trinajstić information content (AvgIpc) is 2.68. The minimum absolute atomic E-state index is 0.0586. The Morgan fingerprint density at radius 2 is 1.77 bits per heavy atom. The number of nitro groups is 1. The van der Waals surface area contributed by atoms with Gasteiger partial charge in [0.05, 0.1) is 9.82 Å². The van der Waals surface area contributed by atoms with Gasteiger partial charge < -0.3 is 0 Å². The van der Waals surface area contributed by atoms with Crippen LogP contribution in [-0.4, -0.2) is 20.7 Å². The van der Waals surface area contributed by atoms with Crippen molar-refractivity contribution in [1.82, 2.24) is 9.97 Å². The van der Waals surface area contributed by atoms with Crippen LogP contribution in [0.15, 0.2) is 83.1 Å². The van der Waals surface area contributed by atoms with Crippen molar-refractivity contribution in [3.8, 4) is 0 Å². The van der Waals surface area contributed by atoms with Crippen molar-refractivity contribution in [2.45, 2.75) is 10.1 Å². The lowest BCUT2D eigenvalue weighted by Crippen LogP contribution is -1.94. The van der Waals surface area contributed by atoms with Crippen LogP contribution in [0.3, 0.4) is 0 Å². The van der Waals surface area contributed by atoms with Gasteiger partial charge in [-0.15, -0.1) is 0 Å². The molecule has 6 nitrogen and oxygen atoms in total. The Balaban J connectivity index is 1.83. The second-order valence-electron chi connectivity index (χ2n) is 5.18. The van der Waals surface area contributed by atoms with Crippen molar-refractivity contribution in [2.75, 3.05) is 0 Å². The zero-order valence-corrected chi connectivity index (χ0v) is 14.3. The molecule has 0 radical (unpaired) electrons. The summed E-state index contributed by atoms with van der Waals surface area (Å²) in [5, 5.41) is 11.8. The van der Waals surface area contributed by atoms with E-state index in [1.807, 2.05) is 6.07 Å². The lowest BCUT2D eigenvalue weighted by molar-refractivity contribution is -0.387. The van der Waals surface area contributed by atoms with Gasteiger partial charge in [0.15, 0.2) is 10.9 Å². The number of benzene rings is 2. The van der Waals surface area contributed by atoms with Gasteiger partial charge >= 0.3 is 0 Å². The summed E-state index contributed by atoms with van der Waals surface area (Å²) in [7, 11) is 0. The van der Waals surface area contributed by atoms with Crippen LogP contribution in [0.25, 0.3) is 6.08 Å². The highest BCUT2D eigenvalue weighted by Gasteiger charge is 2.16. The van der Waals surface area contributed by atoms with Crippen LogP contribution in [0.4, 0.5) is 5.69 Å². The molecule has 0 aliphatic carbocycles. The Labute approximate surface area is 153 Å². The van der Waals surface area contributed by atoms with Gasteiger partial charge in [-0.25, -0.2) is 9.97 Å². The van der Waals surface area contributed by atoms with Crippen LogP contribution in [0, 0.1) is 10.1 Å². The minimum atomic E-state index is -0.457. The normalized spacial score (nSPS) is 10.8. The van der Waals surface area contributed by atoms with E-state index >= 15 is 0 Å². The predicted molar refractivity (Wildman–Crippen MR) is 99.1 cm³/mol. The molecule has 1 heterocycles. The largest absolute Gasteiger partial charge is 0.289 e. The van der Waals surface area contributed by atoms with Crippen LogP contribution >= 0.6 is 11.8 Å². The van der Waals surface area contributed by atoms with E-state index in [9.17, 15) is 14.9 Å². The number of carbonyl (C=O) groups excluding carboxylic acids is 1. The van der Waals surface area contributed by atoms with Crippen molar-refractivity contribution in [1.29, 1.82) is 0 Å². The van der Waals surface area contributed by atoms with Crippen molar-refractivity contribution in [3.05, 3.63) is 94.3 Å². The Morgan fingerprint density at radius 3 is 2.46 bits per heavy atom. The van der Waals surface area contributed by atoms with E-state index in [0.29, 0.717) is 21.2 Å². The molecule has 0 N–H and O–H groups in total. The molecule has 3 rings (SSSR count). The van der Waals surface area contributed by atoms with E-state index in [2.05, 4.69) is 9.97 Å². The topological polar surface area (TPSA) is 86.0 Å². The molecular weight excluding hydrogens is 350 g/mol. The van der Waals surface area contributed by atoms with Gasteiger partial charge in [-0.05, 0) is 35.5 Å². The highest BCUT2D eigenvalue weighted by Crippen LogP contribution is 2.33. The number of rotatable bonds is 6. The van der Waals surface area contributed by atoms with Gasteiger partial charge in [-0.2, -0.15) is 0 Å². The predicted octanol–water partition coefficient (Wildman–Crippen LogP) is 4.43. The van der Waals surface area contributed by atoms with E-state index in [0.717, 1.165) is 11.8 Å². The summed E-state index contributed by atoms with van der Waals surface area (Å²) in [6.07, 6.45) is 6.12. The van der Waals surface area contributed by atoms with Crippen LogP contribution in [0.5, 0.6) is 0 Å². The van der Waals surface area contributed by atoms with E-state index in [1.54, 1.807) is 60.9 Å². The molecule has 3 aromatic rings. The van der Waals surface area contributed by atoms with E-state index in [-0.39, 0.29) is 11.5 Å². The fourth-order valence-electron chi connectivity index (χ4n) is 2.17. The first kappa shape index (κ1) is 17.5. The van der Waals surface area contributed by atoms with Crippen LogP contribution in [-0.2, 0) is 0 Å². The fourth-order valence-corrected chi connectivity index (χ4v) is 2.97. The molecule has 0 spiro atoms. The molecule has 0 aliphatic heterocycles. The lowest BCUT2D eigenvalue weighted by atomic mass is 10.1. The molecule has 128 valence electrons. The second-order valence-corrected chi connectivity index (χ2v) is 6.19. The molecule has 0 fully saturated rings. The van der Waals surface area contributed by atoms with Gasteiger partial charge in [0.1, 0.15) is 0 Å². The number of ketones is 1. The first-order valence-corrected chi connectivity index (χ1v) is 8.46. The Morgan fingerprint density at radius 1 is 1.04 bits per heavy atom. The van der Waals surface area contributed by atoms with Gasteiger partial charge in [0.2, 0.25) is 0 Å². The number of hydrogen-bond donors (Lipinski definition) is 0. The highest BCUT2D eigenvalue weighted by atomic mass is 32.2. The number of nitro benzene ring substituents is 1. The third kappa shape index (κ3) is 4.40. The average molecular weight is 363 g/mol. The summed E-state index contributed by atoms with van der Waals surface area (Å²) < 4.78 is 0. The summed E-state index contributed by atoms with van der Waals surface area (Å²) >= 11 is 1.12. The molecule has 1 aromatic heterocycles. The van der Waals surface area contributed by atoms with Crippen molar-refractivity contribution < 1.29 is 9.72 Å². The van der Waals surface area contributed by atoms with Crippen LogP contribution in [0.1, 0.15) is 15.9 Å². The zero-order chi connectivity index (χ0) is 18.4. The van der Waals surface area contributed by atoms with E-state index in [4.69, 9.17) is 0 Å². The lowest BCUT2D eigenvalue weighted by Gasteiger charge is -2.03. The zero-order valence-electron chi connectivity index (χ0n) is 13.5. The highest BCUT2D eigenvalue weighted by molar-refractivity contribution is 7.99. The van der Waals surface area contributed by atoms with Crippen molar-refractivity contribution in [2.24, 2.45) is 0 Å². The number of allylic oxidation sites excluding steroid dienone is 1. The van der Waals surface area contributed by atoms with Crippen LogP contribution in [0.2, 0.25) is 0 Å². The summed E-state index contributed by atoms with van der Waals surface area (Å²) in [6, 6.07) is 15.3. The molecule has 0 saturated heterocycles. The van der Waals surface area contributed by atoms with Crippen LogP contribution < -0.4 is 0 Å². The molecule has 0 bridgehead atoms. The minimum Gasteiger partial charge on any atom is -0.289 e. The third-order valence-corrected chi connectivity index (χ3v) is 4.37. The molecule has 0 unspecified atom stereocenters. The Kier molecular flexibility index (Phi) is 5.50. The van der Waals surface area contributed by atoms with E-state index in [1.165, 1.54) is 12.1 Å². The monoisotopic (exact) mass is 363 g/mol. The maximum Gasteiger partial charge on any atom is 0.283 e. The quantitative estimate of drug-likeness (QED) is 0.212. The molecule has 0 atom stereocenters. The van der Waals surface area contributed by atoms with Gasteiger partial charge in [0.25, 0.3) is 5.69 Å². The summed E-state index contributed by atoms with van der Waals surface area (Å²) in [6.45, 7) is 0. The number of aromatic nitrogens is 2.